The standard InChI is InChI=1S/C4H10N2O5/c5-2(6)3(8)11-4(9,10)1-7/h2,7,9-10H,1,5-6H2. The highest BCUT2D eigenvalue weighted by atomic mass is 16.8. The van der Waals surface area contributed by atoms with Crippen molar-refractivity contribution in [3.8, 4) is 0 Å². The van der Waals surface area contributed by atoms with Crippen molar-refractivity contribution in [1.29, 1.82) is 0 Å². The van der Waals surface area contributed by atoms with Crippen LogP contribution in [0.5, 0.6) is 0 Å². The lowest BCUT2D eigenvalue weighted by molar-refractivity contribution is -0.332. The third-order valence-corrected chi connectivity index (χ3v) is 0.742. The van der Waals surface area contributed by atoms with Crippen molar-refractivity contribution in [2.24, 2.45) is 11.5 Å². The van der Waals surface area contributed by atoms with Crippen molar-refractivity contribution in [1.82, 2.24) is 0 Å². The van der Waals surface area contributed by atoms with Crippen molar-refractivity contribution in [2.75, 3.05) is 6.61 Å². The van der Waals surface area contributed by atoms with Gasteiger partial charge >= 0.3 is 11.9 Å². The highest BCUT2D eigenvalue weighted by molar-refractivity contribution is 5.74. The van der Waals surface area contributed by atoms with E-state index in [1.165, 1.54) is 0 Å². The number of carbonyl (C=O) groups is 1. The van der Waals surface area contributed by atoms with Crippen molar-refractivity contribution in [3.05, 3.63) is 0 Å². The maximum atomic E-state index is 10.4. The fourth-order valence-electron chi connectivity index (χ4n) is 0.261. The zero-order valence-electron chi connectivity index (χ0n) is 5.60. The van der Waals surface area contributed by atoms with Gasteiger partial charge < -0.3 is 31.5 Å². The van der Waals surface area contributed by atoms with Gasteiger partial charge in [-0.05, 0) is 0 Å². The Kier molecular flexibility index (Phi) is 3.36. The summed E-state index contributed by atoms with van der Waals surface area (Å²) in [6.07, 6.45) is -1.46. The Balaban J connectivity index is 3.94. The van der Waals surface area contributed by atoms with Crippen LogP contribution in [0.15, 0.2) is 0 Å². The van der Waals surface area contributed by atoms with Crippen LogP contribution in [0.1, 0.15) is 0 Å². The fraction of sp³-hybridized carbons (Fsp3) is 0.750. The third kappa shape index (κ3) is 3.86. The van der Waals surface area contributed by atoms with Crippen LogP contribution in [0.3, 0.4) is 0 Å². The molecule has 0 rings (SSSR count). The summed E-state index contributed by atoms with van der Waals surface area (Å²) in [4.78, 5) is 10.4. The molecule has 0 amide bonds. The van der Waals surface area contributed by atoms with Crippen LogP contribution in [-0.4, -0.2) is 40.0 Å². The average Bonchev–Trinajstić information content (AvgIpc) is 1.87. The summed E-state index contributed by atoms with van der Waals surface area (Å²) in [5.74, 6) is -4.13. The van der Waals surface area contributed by atoms with E-state index in [0.717, 1.165) is 0 Å². The largest absolute Gasteiger partial charge is 0.404 e. The highest BCUT2D eigenvalue weighted by Crippen LogP contribution is 2.00. The lowest BCUT2D eigenvalue weighted by atomic mass is 10.5. The van der Waals surface area contributed by atoms with E-state index in [0.29, 0.717) is 0 Å². The Morgan fingerprint density at radius 2 is 2.00 bits per heavy atom. The van der Waals surface area contributed by atoms with E-state index in [1.807, 2.05) is 0 Å². The maximum absolute atomic E-state index is 10.4. The number of rotatable bonds is 3. The number of hydrogen-bond acceptors (Lipinski definition) is 7. The molecule has 0 aliphatic rings. The van der Waals surface area contributed by atoms with Gasteiger partial charge in [-0.15, -0.1) is 0 Å². The van der Waals surface area contributed by atoms with Gasteiger partial charge in [0.15, 0.2) is 6.17 Å². The molecule has 11 heavy (non-hydrogen) atoms. The number of nitrogens with two attached hydrogens (primary N) is 2. The minimum absolute atomic E-state index is 1.15. The van der Waals surface area contributed by atoms with Gasteiger partial charge in [0.1, 0.15) is 6.61 Å². The van der Waals surface area contributed by atoms with Crippen molar-refractivity contribution >= 4 is 5.97 Å². The second-order valence-electron chi connectivity index (χ2n) is 1.85. The normalized spacial score (nSPS) is 11.8. The molecule has 7 heteroatoms. The van der Waals surface area contributed by atoms with Crippen LogP contribution in [0.4, 0.5) is 0 Å². The van der Waals surface area contributed by atoms with Crippen molar-refractivity contribution < 1.29 is 24.9 Å². The van der Waals surface area contributed by atoms with Gasteiger partial charge in [0.05, 0.1) is 0 Å². The van der Waals surface area contributed by atoms with Gasteiger partial charge in [-0.1, -0.05) is 0 Å². The van der Waals surface area contributed by atoms with Crippen molar-refractivity contribution in [3.63, 3.8) is 0 Å². The molecule has 0 aliphatic heterocycles. The van der Waals surface area contributed by atoms with E-state index < -0.39 is 24.7 Å². The van der Waals surface area contributed by atoms with Gasteiger partial charge in [-0.2, -0.15) is 0 Å². The predicted octanol–water partition coefficient (Wildman–Crippen LogP) is -3.60. The Morgan fingerprint density at radius 1 is 1.55 bits per heavy atom. The number of ether oxygens (including phenoxy) is 1. The quantitative estimate of drug-likeness (QED) is 0.215. The average molecular weight is 166 g/mol. The van der Waals surface area contributed by atoms with Crippen LogP contribution in [0.2, 0.25) is 0 Å². The second-order valence-corrected chi connectivity index (χ2v) is 1.85. The molecule has 0 radical (unpaired) electrons. The molecule has 0 atom stereocenters. The molecule has 66 valence electrons. The number of aliphatic hydroxyl groups is 3. The minimum Gasteiger partial charge on any atom is -0.404 e. The first-order valence-electron chi connectivity index (χ1n) is 2.68. The van der Waals surface area contributed by atoms with Gasteiger partial charge in [0.2, 0.25) is 0 Å². The van der Waals surface area contributed by atoms with Crippen LogP contribution >= 0.6 is 0 Å². The monoisotopic (exact) mass is 166 g/mol. The van der Waals surface area contributed by atoms with E-state index in [1.54, 1.807) is 0 Å². The first-order chi connectivity index (χ1) is 4.89. The molecule has 0 saturated heterocycles. The molecular weight excluding hydrogens is 156 g/mol. The third-order valence-electron chi connectivity index (χ3n) is 0.742. The molecule has 0 aromatic carbocycles. The Hall–Kier alpha value is -0.730. The molecule has 0 fully saturated rings. The number of aliphatic hydroxyl groups excluding tert-OH is 1. The van der Waals surface area contributed by atoms with E-state index in [2.05, 4.69) is 4.74 Å². The Labute approximate surface area is 62.2 Å². The zero-order valence-corrected chi connectivity index (χ0v) is 5.60. The van der Waals surface area contributed by atoms with Gasteiger partial charge in [-0.3, -0.25) is 0 Å². The van der Waals surface area contributed by atoms with Crippen molar-refractivity contribution in [2.45, 2.75) is 12.1 Å². The van der Waals surface area contributed by atoms with Gasteiger partial charge in [0.25, 0.3) is 0 Å². The molecule has 0 aliphatic carbocycles. The summed E-state index contributed by atoms with van der Waals surface area (Å²) in [5, 5.41) is 25.2. The molecule has 0 unspecified atom stereocenters. The summed E-state index contributed by atoms with van der Waals surface area (Å²) in [6.45, 7) is -1.15. The summed E-state index contributed by atoms with van der Waals surface area (Å²) in [5.41, 5.74) is 9.59. The lowest BCUT2D eigenvalue weighted by Crippen LogP contribution is -2.47. The zero-order chi connectivity index (χ0) is 9.07. The maximum Gasteiger partial charge on any atom is 0.348 e. The molecule has 7 nitrogen and oxygen atoms in total. The molecular formula is C4H10N2O5. The molecule has 0 saturated carbocycles. The van der Waals surface area contributed by atoms with E-state index in [-0.39, 0.29) is 0 Å². The predicted molar refractivity (Wildman–Crippen MR) is 32.5 cm³/mol. The summed E-state index contributed by atoms with van der Waals surface area (Å²) in [7, 11) is 0. The second kappa shape index (κ2) is 3.60. The fourth-order valence-corrected chi connectivity index (χ4v) is 0.261. The van der Waals surface area contributed by atoms with Gasteiger partial charge in [-0.25, -0.2) is 4.79 Å². The number of esters is 1. The smallest absolute Gasteiger partial charge is 0.348 e. The summed E-state index contributed by atoms with van der Waals surface area (Å²) in [6, 6.07) is 0. The van der Waals surface area contributed by atoms with Crippen LogP contribution < -0.4 is 11.5 Å². The topological polar surface area (TPSA) is 139 Å². The van der Waals surface area contributed by atoms with E-state index in [9.17, 15) is 4.79 Å². The van der Waals surface area contributed by atoms with Gasteiger partial charge in [0, 0.05) is 0 Å². The van der Waals surface area contributed by atoms with E-state index >= 15 is 0 Å². The highest BCUT2D eigenvalue weighted by Gasteiger charge is 2.28. The Morgan fingerprint density at radius 3 is 2.27 bits per heavy atom. The van der Waals surface area contributed by atoms with Crippen LogP contribution in [0.25, 0.3) is 0 Å². The van der Waals surface area contributed by atoms with E-state index in [4.69, 9.17) is 26.8 Å². The molecule has 0 spiro atoms. The summed E-state index contributed by atoms with van der Waals surface area (Å²) < 4.78 is 3.82. The lowest BCUT2D eigenvalue weighted by Gasteiger charge is -2.19. The molecule has 0 heterocycles. The molecule has 0 aromatic heterocycles. The SMILES string of the molecule is NC(N)C(=O)OC(O)(O)CO. The minimum atomic E-state index is -2.91. The first-order valence-corrected chi connectivity index (χ1v) is 2.68. The number of hydrogen-bond donors (Lipinski definition) is 5. The first kappa shape index (κ1) is 10.3. The Bertz CT molecular complexity index is 145. The number of carbonyl (C=O) groups excluding carboxylic acids is 1. The molecule has 0 aromatic rings. The van der Waals surface area contributed by atoms with Crippen LogP contribution in [-0.2, 0) is 9.53 Å². The molecule has 0 bridgehead atoms. The summed E-state index contributed by atoms with van der Waals surface area (Å²) >= 11 is 0. The van der Waals surface area contributed by atoms with Crippen LogP contribution in [0, 0.1) is 0 Å². The molecule has 7 N–H and O–H groups in total.